The van der Waals surface area contributed by atoms with Crippen LogP contribution in [0.1, 0.15) is 17.5 Å². The Morgan fingerprint density at radius 3 is 2.65 bits per heavy atom. The van der Waals surface area contributed by atoms with Crippen molar-refractivity contribution in [1.29, 1.82) is 0 Å². The number of nitrogens with one attached hydrogen (secondary N) is 1. The molecule has 1 N–H and O–H groups in total. The van der Waals surface area contributed by atoms with Gasteiger partial charge in [0.05, 0.1) is 6.61 Å². The lowest BCUT2D eigenvalue weighted by atomic mass is 10.2. The van der Waals surface area contributed by atoms with E-state index in [1.54, 1.807) is 6.20 Å². The summed E-state index contributed by atoms with van der Waals surface area (Å²) in [6.07, 6.45) is 9.29. The molecule has 0 aliphatic heterocycles. The van der Waals surface area contributed by atoms with Crippen LogP contribution in [0.25, 0.3) is 10.9 Å². The highest BCUT2D eigenvalue weighted by molar-refractivity contribution is 5.79. The Morgan fingerprint density at radius 1 is 0.903 bits per heavy atom. The van der Waals surface area contributed by atoms with Gasteiger partial charge in [-0.2, -0.15) is 0 Å². The maximum atomic E-state index is 11.4. The maximum absolute atomic E-state index is 11.4. The molecule has 0 bridgehead atoms. The van der Waals surface area contributed by atoms with Gasteiger partial charge in [0.1, 0.15) is 5.75 Å². The fraction of sp³-hybridized carbons (Fsp3) is 0.240. The first kappa shape index (κ1) is 20.8. The van der Waals surface area contributed by atoms with E-state index in [9.17, 15) is 4.79 Å². The minimum absolute atomic E-state index is 0.0956. The molecular formula is C25H26N4O2. The van der Waals surface area contributed by atoms with Gasteiger partial charge in [-0.05, 0) is 66.4 Å². The second-order valence-electron chi connectivity index (χ2n) is 7.52. The number of aromatic nitrogens is 3. The number of hydrogen-bond acceptors (Lipinski definition) is 5. The highest BCUT2D eigenvalue weighted by atomic mass is 16.5. The molecule has 0 unspecified atom stereocenters. The minimum Gasteiger partial charge on any atom is -0.494 e. The summed E-state index contributed by atoms with van der Waals surface area (Å²) in [6.45, 7) is 3.40. The van der Waals surface area contributed by atoms with Crippen LogP contribution in [0.2, 0.25) is 0 Å². The summed E-state index contributed by atoms with van der Waals surface area (Å²) in [5.41, 5.74) is 3.22. The predicted molar refractivity (Wildman–Crippen MR) is 122 cm³/mol. The molecule has 158 valence electrons. The Balaban J connectivity index is 1.31. The number of pyridine rings is 3. The molecule has 3 aromatic heterocycles. The molecule has 0 atom stereocenters. The zero-order valence-corrected chi connectivity index (χ0v) is 17.4. The number of hydrogen-bond donors (Lipinski definition) is 1. The third-order valence-corrected chi connectivity index (χ3v) is 5.18. The zero-order valence-electron chi connectivity index (χ0n) is 17.4. The van der Waals surface area contributed by atoms with Gasteiger partial charge in [0.2, 0.25) is 5.56 Å². The van der Waals surface area contributed by atoms with Crippen molar-refractivity contribution < 1.29 is 4.74 Å². The average molecular weight is 415 g/mol. The van der Waals surface area contributed by atoms with E-state index in [-0.39, 0.29) is 5.56 Å². The molecule has 0 radical (unpaired) electrons. The molecule has 0 spiro atoms. The number of H-pyrrole nitrogens is 1. The molecule has 0 aliphatic carbocycles. The van der Waals surface area contributed by atoms with Crippen LogP contribution in [-0.2, 0) is 13.0 Å². The Kier molecular flexibility index (Phi) is 7.03. The van der Waals surface area contributed by atoms with Gasteiger partial charge in [-0.15, -0.1) is 0 Å². The molecule has 31 heavy (non-hydrogen) atoms. The number of rotatable bonds is 10. The van der Waals surface area contributed by atoms with E-state index >= 15 is 0 Å². The third kappa shape index (κ3) is 6.23. The smallest absolute Gasteiger partial charge is 0.248 e. The topological polar surface area (TPSA) is 71.1 Å². The Bertz CT molecular complexity index is 1150. The number of fused-ring (bicyclic) bond motifs is 1. The highest BCUT2D eigenvalue weighted by Crippen LogP contribution is 2.18. The SMILES string of the molecule is O=c1ccc2cc(OCCCN(CCc3cccnc3)Cc3ccncc3)ccc2[nH]1. The van der Waals surface area contributed by atoms with Crippen LogP contribution in [0.5, 0.6) is 5.75 Å². The molecule has 0 saturated carbocycles. The number of aromatic amines is 1. The van der Waals surface area contributed by atoms with Gasteiger partial charge >= 0.3 is 0 Å². The first-order chi connectivity index (χ1) is 15.3. The summed E-state index contributed by atoms with van der Waals surface area (Å²) < 4.78 is 5.97. The maximum Gasteiger partial charge on any atom is 0.248 e. The minimum atomic E-state index is -0.0956. The van der Waals surface area contributed by atoms with Gasteiger partial charge in [0.15, 0.2) is 0 Å². The molecule has 0 fully saturated rings. The summed E-state index contributed by atoms with van der Waals surface area (Å²) in [5.74, 6) is 0.815. The van der Waals surface area contributed by atoms with Gasteiger partial charge in [-0.25, -0.2) is 0 Å². The first-order valence-electron chi connectivity index (χ1n) is 10.5. The van der Waals surface area contributed by atoms with Gasteiger partial charge in [-0.3, -0.25) is 19.7 Å². The van der Waals surface area contributed by atoms with Gasteiger partial charge in [0.25, 0.3) is 0 Å². The molecular weight excluding hydrogens is 388 g/mol. The second kappa shape index (κ2) is 10.5. The van der Waals surface area contributed by atoms with Crippen LogP contribution in [0.15, 0.2) is 84.2 Å². The van der Waals surface area contributed by atoms with Crippen LogP contribution < -0.4 is 10.3 Å². The molecule has 1 aromatic carbocycles. The summed E-state index contributed by atoms with van der Waals surface area (Å²) in [5, 5.41) is 0.966. The van der Waals surface area contributed by atoms with E-state index in [2.05, 4.69) is 38.1 Å². The van der Waals surface area contributed by atoms with Crippen molar-refractivity contribution in [3.8, 4) is 5.75 Å². The number of benzene rings is 1. The normalized spacial score (nSPS) is 11.1. The first-order valence-corrected chi connectivity index (χ1v) is 10.5. The van der Waals surface area contributed by atoms with Crippen molar-refractivity contribution in [3.05, 3.63) is 101 Å². The second-order valence-corrected chi connectivity index (χ2v) is 7.52. The van der Waals surface area contributed by atoms with Crippen molar-refractivity contribution in [2.45, 2.75) is 19.4 Å². The molecule has 6 nitrogen and oxygen atoms in total. The Hall–Kier alpha value is -3.51. The Morgan fingerprint density at radius 2 is 1.81 bits per heavy atom. The van der Waals surface area contributed by atoms with E-state index in [1.165, 1.54) is 17.2 Å². The fourth-order valence-electron chi connectivity index (χ4n) is 3.55. The monoisotopic (exact) mass is 414 g/mol. The van der Waals surface area contributed by atoms with Crippen molar-refractivity contribution in [2.24, 2.45) is 0 Å². The van der Waals surface area contributed by atoms with Gasteiger partial charge < -0.3 is 9.72 Å². The predicted octanol–water partition coefficient (Wildman–Crippen LogP) is 3.83. The number of nitrogens with zero attached hydrogens (tertiary/aromatic N) is 3. The van der Waals surface area contributed by atoms with E-state index in [1.807, 2.05) is 48.9 Å². The third-order valence-electron chi connectivity index (χ3n) is 5.18. The molecule has 4 aromatic rings. The summed E-state index contributed by atoms with van der Waals surface area (Å²) in [4.78, 5) is 25.0. The fourth-order valence-corrected chi connectivity index (χ4v) is 3.55. The van der Waals surface area contributed by atoms with Crippen molar-refractivity contribution in [1.82, 2.24) is 19.9 Å². The van der Waals surface area contributed by atoms with Gasteiger partial charge in [-0.1, -0.05) is 6.07 Å². The van der Waals surface area contributed by atoms with E-state index in [0.717, 1.165) is 49.1 Å². The van der Waals surface area contributed by atoms with Crippen LogP contribution in [0.4, 0.5) is 0 Å². The molecule has 0 aliphatic rings. The molecule has 3 heterocycles. The van der Waals surface area contributed by atoms with Crippen molar-refractivity contribution in [2.75, 3.05) is 19.7 Å². The van der Waals surface area contributed by atoms with Crippen LogP contribution in [-0.4, -0.2) is 39.5 Å². The molecule has 6 heteroatoms. The highest BCUT2D eigenvalue weighted by Gasteiger charge is 2.07. The molecule has 0 saturated heterocycles. The zero-order chi connectivity index (χ0) is 21.3. The van der Waals surface area contributed by atoms with E-state index in [0.29, 0.717) is 6.61 Å². The summed E-state index contributed by atoms with van der Waals surface area (Å²) in [7, 11) is 0. The van der Waals surface area contributed by atoms with Crippen molar-refractivity contribution >= 4 is 10.9 Å². The lowest BCUT2D eigenvalue weighted by Gasteiger charge is -2.22. The number of ether oxygens (including phenoxy) is 1. The molecule has 4 rings (SSSR count). The quantitative estimate of drug-likeness (QED) is 0.399. The largest absolute Gasteiger partial charge is 0.494 e. The van der Waals surface area contributed by atoms with Gasteiger partial charge in [0, 0.05) is 61.4 Å². The van der Waals surface area contributed by atoms with Crippen LogP contribution in [0.3, 0.4) is 0 Å². The molecule has 0 amide bonds. The van der Waals surface area contributed by atoms with Crippen LogP contribution in [0, 0.1) is 0 Å². The van der Waals surface area contributed by atoms with Crippen LogP contribution >= 0.6 is 0 Å². The standard InChI is InChI=1S/C25H26N4O2/c30-25-7-4-22-17-23(5-6-24(22)28-25)31-16-2-14-29(19-21-8-12-26-13-9-21)15-10-20-3-1-11-27-18-20/h1,3-9,11-13,17-18H,2,10,14-16,19H2,(H,28,30). The Labute approximate surface area is 181 Å². The van der Waals surface area contributed by atoms with E-state index < -0.39 is 0 Å². The summed E-state index contributed by atoms with van der Waals surface area (Å²) in [6, 6.07) is 17.3. The van der Waals surface area contributed by atoms with Crippen molar-refractivity contribution in [3.63, 3.8) is 0 Å². The lowest BCUT2D eigenvalue weighted by Crippen LogP contribution is -2.28. The average Bonchev–Trinajstić information content (AvgIpc) is 2.81. The van der Waals surface area contributed by atoms with E-state index in [4.69, 9.17) is 4.74 Å². The summed E-state index contributed by atoms with van der Waals surface area (Å²) >= 11 is 0. The lowest BCUT2D eigenvalue weighted by molar-refractivity contribution is 0.230.